The molecule has 0 fully saturated rings. The van der Waals surface area contributed by atoms with Crippen molar-refractivity contribution in [2.45, 2.75) is 6.61 Å². The van der Waals surface area contributed by atoms with Crippen LogP contribution in [-0.4, -0.2) is 24.4 Å². The van der Waals surface area contributed by atoms with Crippen molar-refractivity contribution in [2.75, 3.05) is 13.2 Å². The topological polar surface area (TPSA) is 71.7 Å². The summed E-state index contributed by atoms with van der Waals surface area (Å²) in [7, 11) is 0. The molecule has 0 atom stereocenters. The first-order valence-corrected chi connectivity index (χ1v) is 3.87. The largest absolute Gasteiger partial charge is 0.466 e. The number of ether oxygens (including phenoxy) is 1. The van der Waals surface area contributed by atoms with E-state index in [1.165, 1.54) is 6.26 Å². The molecule has 5 heteroatoms. The molecule has 0 aliphatic carbocycles. The van der Waals surface area contributed by atoms with Crippen molar-refractivity contribution in [1.29, 1.82) is 0 Å². The molecule has 1 aromatic rings. The van der Waals surface area contributed by atoms with Gasteiger partial charge in [0.15, 0.2) is 6.61 Å². The van der Waals surface area contributed by atoms with E-state index in [4.69, 9.17) is 14.3 Å². The van der Waals surface area contributed by atoms with E-state index in [0.29, 0.717) is 5.76 Å². The summed E-state index contributed by atoms with van der Waals surface area (Å²) in [4.78, 5) is 10.8. The minimum Gasteiger partial charge on any atom is -0.466 e. The summed E-state index contributed by atoms with van der Waals surface area (Å²) in [6.45, 7) is 0.192. The second-order valence-corrected chi connectivity index (χ2v) is 2.31. The van der Waals surface area contributed by atoms with Gasteiger partial charge in [-0.05, 0) is 12.1 Å². The maximum Gasteiger partial charge on any atom is 0.407 e. The monoisotopic (exact) mass is 185 g/mol. The van der Waals surface area contributed by atoms with Crippen molar-refractivity contribution in [3.05, 3.63) is 24.2 Å². The molecule has 5 nitrogen and oxygen atoms in total. The number of carbonyl (C=O) groups is 1. The average molecular weight is 185 g/mol. The van der Waals surface area contributed by atoms with E-state index in [9.17, 15) is 4.79 Å². The third kappa shape index (κ3) is 3.62. The Hall–Kier alpha value is -1.49. The first-order chi connectivity index (χ1) is 6.33. The third-order valence-electron chi connectivity index (χ3n) is 1.31. The SMILES string of the molecule is O=C(NCCO)OCc1ccco1. The Morgan fingerprint density at radius 1 is 1.69 bits per heavy atom. The number of furan rings is 1. The highest BCUT2D eigenvalue weighted by Gasteiger charge is 2.02. The quantitative estimate of drug-likeness (QED) is 0.716. The summed E-state index contributed by atoms with van der Waals surface area (Å²) in [6.07, 6.45) is 0.940. The lowest BCUT2D eigenvalue weighted by Gasteiger charge is -2.03. The molecule has 0 unspecified atom stereocenters. The number of alkyl carbamates (subject to hydrolysis) is 1. The van der Waals surface area contributed by atoms with Crippen LogP contribution in [0.2, 0.25) is 0 Å². The lowest BCUT2D eigenvalue weighted by molar-refractivity contribution is 0.129. The number of amides is 1. The fraction of sp³-hybridized carbons (Fsp3) is 0.375. The van der Waals surface area contributed by atoms with Crippen molar-refractivity contribution in [3.8, 4) is 0 Å². The van der Waals surface area contributed by atoms with Gasteiger partial charge in [0.1, 0.15) is 5.76 Å². The van der Waals surface area contributed by atoms with Crippen LogP contribution in [0.25, 0.3) is 0 Å². The molecule has 0 saturated heterocycles. The predicted molar refractivity (Wildman–Crippen MR) is 44.0 cm³/mol. The molecule has 0 radical (unpaired) electrons. The summed E-state index contributed by atoms with van der Waals surface area (Å²) in [6, 6.07) is 3.42. The Labute approximate surface area is 75.3 Å². The Kier molecular flexibility index (Phi) is 3.84. The lowest BCUT2D eigenvalue weighted by Crippen LogP contribution is -2.26. The number of nitrogens with one attached hydrogen (secondary N) is 1. The number of hydrogen-bond donors (Lipinski definition) is 2. The van der Waals surface area contributed by atoms with Gasteiger partial charge in [0.2, 0.25) is 0 Å². The first kappa shape index (κ1) is 9.60. The van der Waals surface area contributed by atoms with Crippen molar-refractivity contribution < 1.29 is 19.1 Å². The Morgan fingerprint density at radius 3 is 3.15 bits per heavy atom. The van der Waals surface area contributed by atoms with Crippen LogP contribution in [0.1, 0.15) is 5.76 Å². The van der Waals surface area contributed by atoms with Crippen molar-refractivity contribution in [1.82, 2.24) is 5.32 Å². The highest BCUT2D eigenvalue weighted by molar-refractivity contribution is 5.66. The molecule has 1 heterocycles. The highest BCUT2D eigenvalue weighted by atomic mass is 16.6. The van der Waals surface area contributed by atoms with E-state index in [1.807, 2.05) is 0 Å². The molecule has 0 saturated carbocycles. The standard InChI is InChI=1S/C8H11NO4/c10-4-3-9-8(11)13-6-7-2-1-5-12-7/h1-2,5,10H,3-4,6H2,(H,9,11). The molecule has 0 aliphatic heterocycles. The number of rotatable bonds is 4. The van der Waals surface area contributed by atoms with Gasteiger partial charge in [0, 0.05) is 6.54 Å². The second kappa shape index (κ2) is 5.21. The normalized spacial score (nSPS) is 9.62. The Bertz CT molecular complexity index is 245. The van der Waals surface area contributed by atoms with Crippen LogP contribution in [0.15, 0.2) is 22.8 Å². The molecule has 0 aliphatic rings. The van der Waals surface area contributed by atoms with E-state index in [1.54, 1.807) is 12.1 Å². The van der Waals surface area contributed by atoms with E-state index in [-0.39, 0.29) is 19.8 Å². The van der Waals surface area contributed by atoms with Crippen molar-refractivity contribution in [2.24, 2.45) is 0 Å². The Balaban J connectivity index is 2.15. The van der Waals surface area contributed by atoms with E-state index < -0.39 is 6.09 Å². The zero-order valence-corrected chi connectivity index (χ0v) is 7.03. The summed E-state index contributed by atoms with van der Waals surface area (Å²) in [5.74, 6) is 0.583. The van der Waals surface area contributed by atoms with Gasteiger partial charge in [-0.15, -0.1) is 0 Å². The summed E-state index contributed by atoms with van der Waals surface area (Å²) in [5, 5.41) is 10.7. The van der Waals surface area contributed by atoms with E-state index in [2.05, 4.69) is 5.32 Å². The molecule has 1 aromatic heterocycles. The zero-order valence-electron chi connectivity index (χ0n) is 7.03. The van der Waals surface area contributed by atoms with Crippen LogP contribution < -0.4 is 5.32 Å². The second-order valence-electron chi connectivity index (χ2n) is 2.31. The van der Waals surface area contributed by atoms with Gasteiger partial charge < -0.3 is 19.6 Å². The molecule has 0 aromatic carbocycles. The van der Waals surface area contributed by atoms with Gasteiger partial charge >= 0.3 is 6.09 Å². The number of aliphatic hydroxyl groups excluding tert-OH is 1. The number of carbonyl (C=O) groups excluding carboxylic acids is 1. The fourth-order valence-corrected chi connectivity index (χ4v) is 0.740. The van der Waals surface area contributed by atoms with Crippen molar-refractivity contribution in [3.63, 3.8) is 0 Å². The smallest absolute Gasteiger partial charge is 0.407 e. The number of aliphatic hydroxyl groups is 1. The minimum atomic E-state index is -0.564. The first-order valence-electron chi connectivity index (χ1n) is 3.87. The molecule has 1 amide bonds. The maximum absolute atomic E-state index is 10.8. The van der Waals surface area contributed by atoms with Gasteiger partial charge in [-0.1, -0.05) is 0 Å². The minimum absolute atomic E-state index is 0.101. The van der Waals surface area contributed by atoms with Gasteiger partial charge in [0.05, 0.1) is 12.9 Å². The van der Waals surface area contributed by atoms with Gasteiger partial charge in [-0.2, -0.15) is 0 Å². The predicted octanol–water partition coefficient (Wildman–Crippen LogP) is 0.498. The van der Waals surface area contributed by atoms with Crippen LogP contribution in [-0.2, 0) is 11.3 Å². The van der Waals surface area contributed by atoms with Crippen LogP contribution >= 0.6 is 0 Å². The molecule has 1 rings (SSSR count). The van der Waals surface area contributed by atoms with E-state index in [0.717, 1.165) is 0 Å². The third-order valence-corrected chi connectivity index (χ3v) is 1.31. The fourth-order valence-electron chi connectivity index (χ4n) is 0.740. The van der Waals surface area contributed by atoms with Gasteiger partial charge in [-0.25, -0.2) is 4.79 Å². The number of hydrogen-bond acceptors (Lipinski definition) is 4. The molecule has 72 valence electrons. The van der Waals surface area contributed by atoms with Gasteiger partial charge in [0.25, 0.3) is 0 Å². The maximum atomic E-state index is 10.8. The average Bonchev–Trinajstić information content (AvgIpc) is 2.64. The lowest BCUT2D eigenvalue weighted by atomic mass is 10.5. The van der Waals surface area contributed by atoms with Crippen LogP contribution in [0.5, 0.6) is 0 Å². The van der Waals surface area contributed by atoms with Crippen LogP contribution in [0.3, 0.4) is 0 Å². The Morgan fingerprint density at radius 2 is 2.54 bits per heavy atom. The van der Waals surface area contributed by atoms with Crippen molar-refractivity contribution >= 4 is 6.09 Å². The molecule has 2 N–H and O–H groups in total. The van der Waals surface area contributed by atoms with E-state index >= 15 is 0 Å². The molecular formula is C8H11NO4. The van der Waals surface area contributed by atoms with Gasteiger partial charge in [-0.3, -0.25) is 0 Å². The summed E-state index contributed by atoms with van der Waals surface area (Å²) < 4.78 is 9.67. The zero-order chi connectivity index (χ0) is 9.52. The molecule has 0 spiro atoms. The summed E-state index contributed by atoms with van der Waals surface area (Å²) in [5.41, 5.74) is 0. The molecular weight excluding hydrogens is 174 g/mol. The molecule has 0 bridgehead atoms. The molecule has 13 heavy (non-hydrogen) atoms. The van der Waals surface area contributed by atoms with Crippen LogP contribution in [0.4, 0.5) is 4.79 Å². The van der Waals surface area contributed by atoms with Crippen LogP contribution in [0, 0.1) is 0 Å². The summed E-state index contributed by atoms with van der Waals surface area (Å²) >= 11 is 0. The highest BCUT2D eigenvalue weighted by Crippen LogP contribution is 2.01.